The van der Waals surface area contributed by atoms with Gasteiger partial charge in [0.25, 0.3) is 0 Å². The minimum Gasteiger partial charge on any atom is -0.314 e. The number of hydrogen-bond acceptors (Lipinski definition) is 3. The molecule has 3 fully saturated rings. The van der Waals surface area contributed by atoms with Gasteiger partial charge in [-0.05, 0) is 71.6 Å². The average Bonchev–Trinajstić information content (AvgIpc) is 3.00. The third-order valence-electron chi connectivity index (χ3n) is 5.39. The maximum absolute atomic E-state index is 3.70. The van der Waals surface area contributed by atoms with Crippen LogP contribution in [0.25, 0.3) is 0 Å². The summed E-state index contributed by atoms with van der Waals surface area (Å²) in [6.45, 7) is 5.22. The Morgan fingerprint density at radius 2 is 2.00 bits per heavy atom. The Labute approximate surface area is 112 Å². The number of rotatable bonds is 6. The van der Waals surface area contributed by atoms with E-state index in [9.17, 15) is 0 Å². The summed E-state index contributed by atoms with van der Waals surface area (Å²) in [6, 6.07) is 0.874. The van der Waals surface area contributed by atoms with Gasteiger partial charge in [0.05, 0.1) is 0 Å². The standard InChI is InChI=1S/C15H29N3/c1-17(2)15(7-3-8-15)12-18-9-6-13(11-18)10-16-14-4-5-14/h13-14,16H,3-12H2,1-2H3. The first-order valence-corrected chi connectivity index (χ1v) is 7.81. The van der Waals surface area contributed by atoms with Crippen molar-refractivity contribution in [2.45, 2.75) is 50.1 Å². The fraction of sp³-hybridized carbons (Fsp3) is 1.00. The number of nitrogens with zero attached hydrogens (tertiary/aromatic N) is 2. The van der Waals surface area contributed by atoms with E-state index in [1.807, 2.05) is 0 Å². The van der Waals surface area contributed by atoms with E-state index >= 15 is 0 Å². The molecule has 3 nitrogen and oxygen atoms in total. The van der Waals surface area contributed by atoms with Crippen LogP contribution >= 0.6 is 0 Å². The van der Waals surface area contributed by atoms with Crippen molar-refractivity contribution in [1.29, 1.82) is 0 Å². The fourth-order valence-electron chi connectivity index (χ4n) is 3.59. The second-order valence-corrected chi connectivity index (χ2v) is 7.04. The van der Waals surface area contributed by atoms with Crippen molar-refractivity contribution in [1.82, 2.24) is 15.1 Å². The quantitative estimate of drug-likeness (QED) is 0.772. The zero-order valence-corrected chi connectivity index (χ0v) is 12.1. The van der Waals surface area contributed by atoms with E-state index in [1.54, 1.807) is 0 Å². The monoisotopic (exact) mass is 251 g/mol. The second-order valence-electron chi connectivity index (χ2n) is 7.04. The summed E-state index contributed by atoms with van der Waals surface area (Å²) < 4.78 is 0. The van der Waals surface area contributed by atoms with Gasteiger partial charge in [-0.25, -0.2) is 0 Å². The van der Waals surface area contributed by atoms with Crippen molar-refractivity contribution in [3.05, 3.63) is 0 Å². The van der Waals surface area contributed by atoms with E-state index < -0.39 is 0 Å². The third-order valence-corrected chi connectivity index (χ3v) is 5.39. The predicted molar refractivity (Wildman–Crippen MR) is 75.8 cm³/mol. The molecule has 18 heavy (non-hydrogen) atoms. The molecular weight excluding hydrogens is 222 g/mol. The van der Waals surface area contributed by atoms with Crippen LogP contribution in [-0.2, 0) is 0 Å². The van der Waals surface area contributed by atoms with Crippen LogP contribution in [0.2, 0.25) is 0 Å². The molecule has 104 valence electrons. The first-order valence-electron chi connectivity index (χ1n) is 7.81. The zero-order valence-electron chi connectivity index (χ0n) is 12.1. The molecule has 0 spiro atoms. The van der Waals surface area contributed by atoms with Gasteiger partial charge in [-0.1, -0.05) is 0 Å². The molecule has 0 bridgehead atoms. The second kappa shape index (κ2) is 5.10. The highest BCUT2D eigenvalue weighted by molar-refractivity contribution is 4.99. The molecule has 2 aliphatic carbocycles. The van der Waals surface area contributed by atoms with Crippen molar-refractivity contribution >= 4 is 0 Å². The smallest absolute Gasteiger partial charge is 0.0330 e. The Balaban J connectivity index is 1.43. The lowest BCUT2D eigenvalue weighted by atomic mass is 9.75. The van der Waals surface area contributed by atoms with Crippen molar-refractivity contribution in [2.75, 3.05) is 40.3 Å². The molecule has 1 heterocycles. The summed E-state index contributed by atoms with van der Waals surface area (Å²) in [4.78, 5) is 5.20. The van der Waals surface area contributed by atoms with Gasteiger partial charge in [0, 0.05) is 24.7 Å². The van der Waals surface area contributed by atoms with Crippen LogP contribution in [0.15, 0.2) is 0 Å². The predicted octanol–water partition coefficient (Wildman–Crippen LogP) is 1.54. The summed E-state index contributed by atoms with van der Waals surface area (Å²) in [5.41, 5.74) is 0.513. The average molecular weight is 251 g/mol. The maximum Gasteiger partial charge on any atom is 0.0330 e. The van der Waals surface area contributed by atoms with E-state index in [4.69, 9.17) is 0 Å². The van der Waals surface area contributed by atoms with E-state index in [0.717, 1.165) is 12.0 Å². The van der Waals surface area contributed by atoms with Crippen molar-refractivity contribution in [3.63, 3.8) is 0 Å². The van der Waals surface area contributed by atoms with Crippen LogP contribution in [0.1, 0.15) is 38.5 Å². The molecule has 1 unspecified atom stereocenters. The van der Waals surface area contributed by atoms with Gasteiger partial charge in [-0.15, -0.1) is 0 Å². The molecule has 0 aromatic rings. The fourth-order valence-corrected chi connectivity index (χ4v) is 3.59. The molecule has 1 aliphatic heterocycles. The Morgan fingerprint density at radius 1 is 1.22 bits per heavy atom. The van der Waals surface area contributed by atoms with Crippen LogP contribution in [0, 0.1) is 5.92 Å². The largest absolute Gasteiger partial charge is 0.314 e. The lowest BCUT2D eigenvalue weighted by Gasteiger charge is -2.49. The first kappa shape index (κ1) is 12.9. The van der Waals surface area contributed by atoms with Crippen LogP contribution in [0.3, 0.4) is 0 Å². The van der Waals surface area contributed by atoms with Gasteiger partial charge in [0.15, 0.2) is 0 Å². The van der Waals surface area contributed by atoms with Gasteiger partial charge in [0.2, 0.25) is 0 Å². The highest BCUT2D eigenvalue weighted by atomic mass is 15.2. The highest BCUT2D eigenvalue weighted by Crippen LogP contribution is 2.37. The van der Waals surface area contributed by atoms with Gasteiger partial charge in [0.1, 0.15) is 0 Å². The van der Waals surface area contributed by atoms with Crippen LogP contribution in [-0.4, -0.2) is 61.7 Å². The molecule has 0 radical (unpaired) electrons. The molecule has 3 heteroatoms. The van der Waals surface area contributed by atoms with Crippen LogP contribution in [0.5, 0.6) is 0 Å². The zero-order chi connectivity index (χ0) is 12.6. The van der Waals surface area contributed by atoms with E-state index in [0.29, 0.717) is 5.54 Å². The molecule has 1 N–H and O–H groups in total. The number of nitrogens with one attached hydrogen (secondary N) is 1. The molecule has 3 aliphatic rings. The van der Waals surface area contributed by atoms with Crippen LogP contribution in [0.4, 0.5) is 0 Å². The summed E-state index contributed by atoms with van der Waals surface area (Å²) in [5.74, 6) is 0.907. The summed E-state index contributed by atoms with van der Waals surface area (Å²) in [7, 11) is 4.53. The van der Waals surface area contributed by atoms with Gasteiger partial charge < -0.3 is 15.1 Å². The molecule has 0 aromatic heterocycles. The molecule has 1 atom stereocenters. The Bertz CT molecular complexity index is 281. The topological polar surface area (TPSA) is 18.5 Å². The van der Waals surface area contributed by atoms with Crippen molar-refractivity contribution in [3.8, 4) is 0 Å². The normalized spacial score (nSPS) is 31.8. The molecule has 3 rings (SSSR count). The third kappa shape index (κ3) is 2.73. The molecule has 0 amide bonds. The first-order chi connectivity index (χ1) is 8.68. The minimum absolute atomic E-state index is 0.513. The highest BCUT2D eigenvalue weighted by Gasteiger charge is 2.41. The van der Waals surface area contributed by atoms with Crippen molar-refractivity contribution < 1.29 is 0 Å². The van der Waals surface area contributed by atoms with Crippen molar-refractivity contribution in [2.24, 2.45) is 5.92 Å². The molecule has 1 saturated heterocycles. The Kier molecular flexibility index (Phi) is 3.65. The SMILES string of the molecule is CN(C)C1(CN2CCC(CNC3CC3)C2)CCC1. The van der Waals surface area contributed by atoms with E-state index in [1.165, 1.54) is 64.7 Å². The van der Waals surface area contributed by atoms with E-state index in [2.05, 4.69) is 29.2 Å². The summed E-state index contributed by atoms with van der Waals surface area (Å²) in [6.07, 6.45) is 8.48. The lowest BCUT2D eigenvalue weighted by Crippen LogP contribution is -2.57. The van der Waals surface area contributed by atoms with E-state index in [-0.39, 0.29) is 0 Å². The molecule has 0 aromatic carbocycles. The summed E-state index contributed by atoms with van der Waals surface area (Å²) >= 11 is 0. The Morgan fingerprint density at radius 3 is 2.56 bits per heavy atom. The van der Waals surface area contributed by atoms with Gasteiger partial charge >= 0.3 is 0 Å². The molecule has 2 saturated carbocycles. The number of likely N-dealkylation sites (N-methyl/N-ethyl adjacent to an activating group) is 1. The minimum atomic E-state index is 0.513. The maximum atomic E-state index is 3.70. The lowest BCUT2D eigenvalue weighted by molar-refractivity contribution is 0.0262. The van der Waals surface area contributed by atoms with Crippen LogP contribution < -0.4 is 5.32 Å². The number of likely N-dealkylation sites (tertiary alicyclic amines) is 1. The Hall–Kier alpha value is -0.120. The van der Waals surface area contributed by atoms with Gasteiger partial charge in [-0.2, -0.15) is 0 Å². The number of hydrogen-bond donors (Lipinski definition) is 1. The summed E-state index contributed by atoms with van der Waals surface area (Å²) in [5, 5.41) is 3.70. The van der Waals surface area contributed by atoms with Gasteiger partial charge in [-0.3, -0.25) is 0 Å². The molecular formula is C15H29N3.